The molecule has 1 fully saturated rings. The van der Waals surface area contributed by atoms with E-state index in [1.165, 1.54) is 31.2 Å². The quantitative estimate of drug-likeness (QED) is 0.690. The molecule has 0 saturated carbocycles. The lowest BCUT2D eigenvalue weighted by molar-refractivity contribution is 0.162. The summed E-state index contributed by atoms with van der Waals surface area (Å²) in [5, 5.41) is 3.45. The van der Waals surface area contributed by atoms with E-state index < -0.39 is 0 Å². The number of hydrogen-bond acceptors (Lipinski definition) is 2. The third-order valence-corrected chi connectivity index (χ3v) is 5.88. The molecule has 4 heteroatoms. The lowest BCUT2D eigenvalue weighted by atomic mass is 9.98. The van der Waals surface area contributed by atoms with Crippen molar-refractivity contribution in [2.45, 2.75) is 38.6 Å². The van der Waals surface area contributed by atoms with Gasteiger partial charge in [-0.05, 0) is 56.0 Å². The summed E-state index contributed by atoms with van der Waals surface area (Å²) >= 11 is 7.21. The van der Waals surface area contributed by atoms with Gasteiger partial charge >= 0.3 is 0 Å². The van der Waals surface area contributed by atoms with Crippen LogP contribution in [0.15, 0.2) is 27.1 Å². The molecule has 1 heterocycles. The van der Waals surface area contributed by atoms with Crippen LogP contribution in [-0.2, 0) is 0 Å². The van der Waals surface area contributed by atoms with Crippen molar-refractivity contribution < 1.29 is 0 Å². The van der Waals surface area contributed by atoms with E-state index in [4.69, 9.17) is 0 Å². The van der Waals surface area contributed by atoms with Gasteiger partial charge in [0.1, 0.15) is 0 Å². The van der Waals surface area contributed by atoms with Crippen LogP contribution >= 0.6 is 31.9 Å². The van der Waals surface area contributed by atoms with Gasteiger partial charge in [-0.2, -0.15) is 0 Å². The van der Waals surface area contributed by atoms with Gasteiger partial charge in [-0.15, -0.1) is 0 Å². The van der Waals surface area contributed by atoms with Crippen LogP contribution < -0.4 is 5.32 Å². The van der Waals surface area contributed by atoms with E-state index in [1.54, 1.807) is 0 Å². The minimum absolute atomic E-state index is 0.563. The molecule has 1 aromatic carbocycles. The molecule has 0 bridgehead atoms. The van der Waals surface area contributed by atoms with Crippen molar-refractivity contribution in [3.8, 4) is 0 Å². The predicted octanol–water partition coefficient (Wildman–Crippen LogP) is 4.74. The maximum Gasteiger partial charge on any atom is 0.0349 e. The summed E-state index contributed by atoms with van der Waals surface area (Å²) in [5.41, 5.74) is 1.44. The summed E-state index contributed by atoms with van der Waals surface area (Å²) in [4.78, 5) is 2.64. The van der Waals surface area contributed by atoms with Crippen molar-refractivity contribution in [2.24, 2.45) is 0 Å². The fraction of sp³-hybridized carbons (Fsp3) is 0.625. The van der Waals surface area contributed by atoms with Crippen molar-refractivity contribution in [1.82, 2.24) is 10.2 Å². The summed E-state index contributed by atoms with van der Waals surface area (Å²) in [5.74, 6) is 0. The highest BCUT2D eigenvalue weighted by atomic mass is 79.9. The monoisotopic (exact) mass is 402 g/mol. The molecule has 2 nitrogen and oxygen atoms in total. The Morgan fingerprint density at radius 2 is 1.90 bits per heavy atom. The third-order valence-electron chi connectivity index (χ3n) is 4.00. The second-order valence-corrected chi connectivity index (χ2v) is 7.18. The minimum Gasteiger partial charge on any atom is -0.314 e. The van der Waals surface area contributed by atoms with Crippen LogP contribution in [0.25, 0.3) is 0 Å². The van der Waals surface area contributed by atoms with E-state index in [9.17, 15) is 0 Å². The smallest absolute Gasteiger partial charge is 0.0349 e. The Labute approximate surface area is 139 Å². The first-order valence-corrected chi connectivity index (χ1v) is 9.20. The zero-order valence-corrected chi connectivity index (χ0v) is 15.3. The van der Waals surface area contributed by atoms with Crippen molar-refractivity contribution in [3.63, 3.8) is 0 Å². The highest BCUT2D eigenvalue weighted by Gasteiger charge is 2.22. The molecular formula is C16H24Br2N2. The second-order valence-electron chi connectivity index (χ2n) is 5.47. The Hall–Kier alpha value is 0.1000. The summed E-state index contributed by atoms with van der Waals surface area (Å²) in [6, 6.07) is 7.28. The lowest BCUT2D eigenvalue weighted by Gasteiger charge is -2.35. The Morgan fingerprint density at radius 1 is 1.15 bits per heavy atom. The van der Waals surface area contributed by atoms with E-state index >= 15 is 0 Å². The molecule has 0 aromatic heterocycles. The molecule has 112 valence electrons. The summed E-state index contributed by atoms with van der Waals surface area (Å²) in [7, 11) is 0. The average molecular weight is 404 g/mol. The Kier molecular flexibility index (Phi) is 7.02. The molecule has 2 rings (SSSR count). The standard InChI is InChI=1S/C16H24Br2N2/c1-2-3-4-5-16(20-10-8-19-9-11-20)13-6-7-14(17)15(18)12-13/h6-7,12,16,19H,2-5,8-11H2,1H3/t16-/m0/s1. The van der Waals surface area contributed by atoms with Crippen LogP contribution in [0.2, 0.25) is 0 Å². The maximum atomic E-state index is 3.64. The number of rotatable bonds is 6. The fourth-order valence-electron chi connectivity index (χ4n) is 2.86. The van der Waals surface area contributed by atoms with Gasteiger partial charge in [0.25, 0.3) is 0 Å². The van der Waals surface area contributed by atoms with Gasteiger partial charge in [-0.1, -0.05) is 32.3 Å². The lowest BCUT2D eigenvalue weighted by Crippen LogP contribution is -2.45. The molecule has 0 spiro atoms. The maximum absolute atomic E-state index is 3.64. The molecular weight excluding hydrogens is 380 g/mol. The van der Waals surface area contributed by atoms with Crippen LogP contribution in [0.5, 0.6) is 0 Å². The van der Waals surface area contributed by atoms with Gasteiger partial charge in [0, 0.05) is 41.2 Å². The predicted molar refractivity (Wildman–Crippen MR) is 93.2 cm³/mol. The fourth-order valence-corrected chi connectivity index (χ4v) is 3.50. The topological polar surface area (TPSA) is 15.3 Å². The molecule has 1 aromatic rings. The molecule has 1 saturated heterocycles. The molecule has 1 aliphatic rings. The van der Waals surface area contributed by atoms with E-state index in [-0.39, 0.29) is 0 Å². The van der Waals surface area contributed by atoms with Crippen molar-refractivity contribution >= 4 is 31.9 Å². The van der Waals surface area contributed by atoms with E-state index in [0.717, 1.165) is 35.1 Å². The largest absolute Gasteiger partial charge is 0.314 e. The number of benzene rings is 1. The van der Waals surface area contributed by atoms with E-state index in [0.29, 0.717) is 6.04 Å². The first-order valence-electron chi connectivity index (χ1n) is 7.62. The molecule has 1 atom stereocenters. The Bertz CT molecular complexity index is 417. The van der Waals surface area contributed by atoms with Crippen molar-refractivity contribution in [1.29, 1.82) is 0 Å². The van der Waals surface area contributed by atoms with Crippen molar-refractivity contribution in [2.75, 3.05) is 26.2 Å². The van der Waals surface area contributed by atoms with Crippen LogP contribution in [0, 0.1) is 0 Å². The second kappa shape index (κ2) is 8.52. The first kappa shape index (κ1) is 16.5. The zero-order valence-electron chi connectivity index (χ0n) is 12.2. The zero-order chi connectivity index (χ0) is 14.4. The highest BCUT2D eigenvalue weighted by molar-refractivity contribution is 9.13. The number of halogens is 2. The number of nitrogens with one attached hydrogen (secondary N) is 1. The third kappa shape index (κ3) is 4.55. The van der Waals surface area contributed by atoms with Gasteiger partial charge in [0.05, 0.1) is 0 Å². The van der Waals surface area contributed by atoms with E-state index in [2.05, 4.69) is 67.2 Å². The molecule has 1 aliphatic heterocycles. The van der Waals surface area contributed by atoms with Gasteiger partial charge in [0.15, 0.2) is 0 Å². The molecule has 1 N–H and O–H groups in total. The molecule has 20 heavy (non-hydrogen) atoms. The summed E-state index contributed by atoms with van der Waals surface area (Å²) in [6.07, 6.45) is 5.21. The molecule has 0 amide bonds. The minimum atomic E-state index is 0.563. The van der Waals surface area contributed by atoms with Crippen LogP contribution in [0.1, 0.15) is 44.2 Å². The van der Waals surface area contributed by atoms with E-state index in [1.807, 2.05) is 0 Å². The van der Waals surface area contributed by atoms with Gasteiger partial charge in [-0.3, -0.25) is 4.90 Å². The number of hydrogen-bond donors (Lipinski definition) is 1. The summed E-state index contributed by atoms with van der Waals surface area (Å²) < 4.78 is 2.29. The van der Waals surface area contributed by atoms with Crippen LogP contribution in [0.3, 0.4) is 0 Å². The normalized spacial score (nSPS) is 18.1. The number of nitrogens with zero attached hydrogens (tertiary/aromatic N) is 1. The van der Waals surface area contributed by atoms with Gasteiger partial charge in [0.2, 0.25) is 0 Å². The molecule has 0 unspecified atom stereocenters. The molecule has 0 radical (unpaired) electrons. The van der Waals surface area contributed by atoms with Crippen molar-refractivity contribution in [3.05, 3.63) is 32.7 Å². The number of unbranched alkanes of at least 4 members (excludes halogenated alkanes) is 2. The summed E-state index contributed by atoms with van der Waals surface area (Å²) in [6.45, 7) is 6.81. The SMILES string of the molecule is CCCCC[C@@H](c1ccc(Br)c(Br)c1)N1CCNCC1. The molecule has 0 aliphatic carbocycles. The van der Waals surface area contributed by atoms with Gasteiger partial charge < -0.3 is 5.32 Å². The van der Waals surface area contributed by atoms with Crippen LogP contribution in [0.4, 0.5) is 0 Å². The first-order chi connectivity index (χ1) is 9.72. The highest BCUT2D eigenvalue weighted by Crippen LogP contribution is 2.32. The average Bonchev–Trinajstić information content (AvgIpc) is 2.48. The Balaban J connectivity index is 2.12. The van der Waals surface area contributed by atoms with Gasteiger partial charge in [-0.25, -0.2) is 0 Å². The number of piperazine rings is 1. The Morgan fingerprint density at radius 3 is 2.55 bits per heavy atom. The van der Waals surface area contributed by atoms with Crippen LogP contribution in [-0.4, -0.2) is 31.1 Å².